The van der Waals surface area contributed by atoms with Gasteiger partial charge in [-0.05, 0) is 30.4 Å². The first-order valence-corrected chi connectivity index (χ1v) is 9.78. The van der Waals surface area contributed by atoms with Crippen molar-refractivity contribution in [3.8, 4) is 0 Å². The van der Waals surface area contributed by atoms with E-state index in [1.54, 1.807) is 6.07 Å². The number of para-hydroxylation sites is 1. The van der Waals surface area contributed by atoms with Crippen LogP contribution in [0.1, 0.15) is 51.0 Å². The molecule has 1 saturated heterocycles. The zero-order valence-electron chi connectivity index (χ0n) is 16.3. The number of esters is 1. The summed E-state index contributed by atoms with van der Waals surface area (Å²) in [4.78, 5) is 50.0. The SMILES string of the molecule is CC(C)c1ccccc1NC(=O)COC(=O)CN1C(=O)[C@H]2CCCC[C@H]2C1=O. The number of amides is 3. The topological polar surface area (TPSA) is 92.8 Å². The summed E-state index contributed by atoms with van der Waals surface area (Å²) in [7, 11) is 0. The van der Waals surface area contributed by atoms with Crippen molar-refractivity contribution in [3.63, 3.8) is 0 Å². The number of rotatable bonds is 6. The number of fused-ring (bicyclic) bond motifs is 1. The molecule has 1 aliphatic carbocycles. The molecule has 2 fully saturated rings. The Morgan fingerprint density at radius 3 is 2.32 bits per heavy atom. The highest BCUT2D eigenvalue weighted by atomic mass is 16.5. The van der Waals surface area contributed by atoms with E-state index in [9.17, 15) is 19.2 Å². The van der Waals surface area contributed by atoms with E-state index in [1.807, 2.05) is 32.0 Å². The highest BCUT2D eigenvalue weighted by Gasteiger charge is 2.48. The van der Waals surface area contributed by atoms with Crippen LogP contribution in [0.25, 0.3) is 0 Å². The molecule has 0 unspecified atom stereocenters. The molecule has 150 valence electrons. The summed E-state index contributed by atoms with van der Waals surface area (Å²) in [5.74, 6) is -2.17. The summed E-state index contributed by atoms with van der Waals surface area (Å²) >= 11 is 0. The van der Waals surface area contributed by atoms with Gasteiger partial charge >= 0.3 is 5.97 Å². The van der Waals surface area contributed by atoms with Gasteiger partial charge in [0.15, 0.2) is 6.61 Å². The Balaban J connectivity index is 1.51. The monoisotopic (exact) mass is 386 g/mol. The van der Waals surface area contributed by atoms with Gasteiger partial charge < -0.3 is 10.1 Å². The average molecular weight is 386 g/mol. The maximum atomic E-state index is 12.4. The number of hydrogen-bond donors (Lipinski definition) is 1. The minimum atomic E-state index is -0.757. The van der Waals surface area contributed by atoms with Gasteiger partial charge in [-0.1, -0.05) is 44.9 Å². The Hall–Kier alpha value is -2.70. The fraction of sp³-hybridized carbons (Fsp3) is 0.524. The molecule has 1 saturated carbocycles. The van der Waals surface area contributed by atoms with Gasteiger partial charge in [-0.2, -0.15) is 0 Å². The molecular formula is C21H26N2O5. The Bertz CT molecular complexity index is 765. The van der Waals surface area contributed by atoms with Crippen molar-refractivity contribution in [2.24, 2.45) is 11.8 Å². The molecule has 3 amide bonds. The molecule has 0 spiro atoms. The number of carbonyl (C=O) groups excluding carboxylic acids is 4. The van der Waals surface area contributed by atoms with Gasteiger partial charge in [0.25, 0.3) is 5.91 Å². The van der Waals surface area contributed by atoms with Gasteiger partial charge in [-0.25, -0.2) is 0 Å². The lowest BCUT2D eigenvalue weighted by molar-refractivity contribution is -0.154. The molecule has 0 bridgehead atoms. The number of imide groups is 1. The first-order chi connectivity index (χ1) is 13.4. The molecule has 1 N–H and O–H groups in total. The quantitative estimate of drug-likeness (QED) is 0.599. The molecule has 2 atom stereocenters. The molecule has 7 nitrogen and oxygen atoms in total. The molecule has 0 aromatic heterocycles. The standard InChI is InChI=1S/C21H26N2O5/c1-13(2)14-7-5-6-10-17(14)22-18(24)12-28-19(25)11-23-20(26)15-8-3-4-9-16(15)21(23)27/h5-7,10,13,15-16H,3-4,8-9,11-12H2,1-2H3,(H,22,24)/t15-,16+. The summed E-state index contributed by atoms with van der Waals surface area (Å²) < 4.78 is 4.99. The van der Waals surface area contributed by atoms with E-state index in [4.69, 9.17) is 4.74 Å². The second-order valence-electron chi connectivity index (χ2n) is 7.71. The fourth-order valence-electron chi connectivity index (χ4n) is 4.01. The van der Waals surface area contributed by atoms with Crippen LogP contribution in [-0.2, 0) is 23.9 Å². The molecule has 28 heavy (non-hydrogen) atoms. The Kier molecular flexibility index (Phi) is 6.11. The van der Waals surface area contributed by atoms with Gasteiger partial charge in [0.05, 0.1) is 11.8 Å². The summed E-state index contributed by atoms with van der Waals surface area (Å²) in [6.45, 7) is 3.15. The number of ether oxygens (including phenoxy) is 1. The van der Waals surface area contributed by atoms with Crippen LogP contribution in [0, 0.1) is 11.8 Å². The first kappa shape index (κ1) is 20.0. The minimum absolute atomic E-state index is 0.231. The predicted octanol–water partition coefficient (Wildman–Crippen LogP) is 2.47. The number of likely N-dealkylation sites (tertiary alicyclic amines) is 1. The third-order valence-electron chi connectivity index (χ3n) is 5.44. The maximum absolute atomic E-state index is 12.4. The molecule has 1 aliphatic heterocycles. The summed E-state index contributed by atoms with van der Waals surface area (Å²) in [5.41, 5.74) is 1.66. The number of anilines is 1. The van der Waals surface area contributed by atoms with Gasteiger partial charge in [-0.3, -0.25) is 24.1 Å². The van der Waals surface area contributed by atoms with Gasteiger partial charge in [-0.15, -0.1) is 0 Å². The van der Waals surface area contributed by atoms with Crippen molar-refractivity contribution >= 4 is 29.4 Å². The average Bonchev–Trinajstić information content (AvgIpc) is 2.92. The fourth-order valence-corrected chi connectivity index (χ4v) is 4.01. The number of nitrogens with one attached hydrogen (secondary N) is 1. The molecule has 1 aromatic carbocycles. The highest BCUT2D eigenvalue weighted by molar-refractivity contribution is 6.07. The Labute approximate surface area is 164 Å². The molecule has 1 heterocycles. The lowest BCUT2D eigenvalue weighted by atomic mass is 9.81. The zero-order valence-corrected chi connectivity index (χ0v) is 16.3. The smallest absolute Gasteiger partial charge is 0.326 e. The summed E-state index contributed by atoms with van der Waals surface area (Å²) in [6.07, 6.45) is 3.24. The van der Waals surface area contributed by atoms with Gasteiger partial charge in [0.2, 0.25) is 11.8 Å². The maximum Gasteiger partial charge on any atom is 0.326 e. The first-order valence-electron chi connectivity index (χ1n) is 9.78. The third-order valence-corrected chi connectivity index (χ3v) is 5.44. The van der Waals surface area contributed by atoms with Crippen LogP contribution in [0.4, 0.5) is 5.69 Å². The van der Waals surface area contributed by atoms with Crippen molar-refractivity contribution in [2.75, 3.05) is 18.5 Å². The van der Waals surface area contributed by atoms with Gasteiger partial charge in [0, 0.05) is 5.69 Å². The molecule has 2 aliphatic rings. The van der Waals surface area contributed by atoms with Crippen LogP contribution in [0.2, 0.25) is 0 Å². The molecule has 1 aromatic rings. The number of nitrogens with zero attached hydrogens (tertiary/aromatic N) is 1. The third kappa shape index (κ3) is 4.24. The molecule has 7 heteroatoms. The summed E-state index contributed by atoms with van der Waals surface area (Å²) in [5, 5.41) is 2.74. The van der Waals surface area contributed by atoms with E-state index >= 15 is 0 Å². The van der Waals surface area contributed by atoms with E-state index in [1.165, 1.54) is 0 Å². The zero-order chi connectivity index (χ0) is 20.3. The largest absolute Gasteiger partial charge is 0.454 e. The second-order valence-corrected chi connectivity index (χ2v) is 7.71. The molecule has 0 radical (unpaired) electrons. The Morgan fingerprint density at radius 1 is 1.11 bits per heavy atom. The highest BCUT2D eigenvalue weighted by Crippen LogP contribution is 2.37. The normalized spacial score (nSPS) is 21.6. The predicted molar refractivity (Wildman–Crippen MR) is 102 cm³/mol. The van der Waals surface area contributed by atoms with Crippen LogP contribution < -0.4 is 5.32 Å². The number of benzene rings is 1. The van der Waals surface area contributed by atoms with Crippen LogP contribution in [0.15, 0.2) is 24.3 Å². The van der Waals surface area contributed by atoms with Crippen molar-refractivity contribution < 1.29 is 23.9 Å². The lowest BCUT2D eigenvalue weighted by Crippen LogP contribution is -2.37. The van der Waals surface area contributed by atoms with E-state index in [-0.39, 0.29) is 29.6 Å². The van der Waals surface area contributed by atoms with Crippen LogP contribution >= 0.6 is 0 Å². The lowest BCUT2D eigenvalue weighted by Gasteiger charge is -2.19. The van der Waals surface area contributed by atoms with E-state index in [0.29, 0.717) is 18.5 Å². The van der Waals surface area contributed by atoms with Crippen LogP contribution in [0.3, 0.4) is 0 Å². The van der Waals surface area contributed by atoms with Crippen molar-refractivity contribution in [1.29, 1.82) is 0 Å². The number of carbonyl (C=O) groups is 4. The minimum Gasteiger partial charge on any atom is -0.454 e. The van der Waals surface area contributed by atoms with Crippen molar-refractivity contribution in [1.82, 2.24) is 4.90 Å². The molecule has 3 rings (SSSR count). The van der Waals surface area contributed by atoms with Crippen LogP contribution in [-0.4, -0.2) is 41.7 Å². The number of hydrogen-bond acceptors (Lipinski definition) is 5. The Morgan fingerprint density at radius 2 is 1.71 bits per heavy atom. The summed E-state index contributed by atoms with van der Waals surface area (Å²) in [6, 6.07) is 7.43. The van der Waals surface area contributed by atoms with E-state index in [0.717, 1.165) is 23.3 Å². The van der Waals surface area contributed by atoms with Crippen molar-refractivity contribution in [2.45, 2.75) is 45.4 Å². The van der Waals surface area contributed by atoms with Crippen molar-refractivity contribution in [3.05, 3.63) is 29.8 Å². The van der Waals surface area contributed by atoms with E-state index in [2.05, 4.69) is 5.32 Å². The van der Waals surface area contributed by atoms with Crippen LogP contribution in [0.5, 0.6) is 0 Å². The van der Waals surface area contributed by atoms with E-state index < -0.39 is 25.0 Å². The second kappa shape index (κ2) is 8.54. The molecular weight excluding hydrogens is 360 g/mol. The van der Waals surface area contributed by atoms with Gasteiger partial charge in [0.1, 0.15) is 6.54 Å².